The van der Waals surface area contributed by atoms with Crippen molar-refractivity contribution in [3.63, 3.8) is 0 Å². The maximum Gasteiger partial charge on any atom is 0.116 e. The first-order chi connectivity index (χ1) is 8.13. The van der Waals surface area contributed by atoms with E-state index in [1.807, 2.05) is 12.1 Å². The van der Waals surface area contributed by atoms with Gasteiger partial charge < -0.3 is 15.0 Å². The summed E-state index contributed by atoms with van der Waals surface area (Å²) in [5, 5.41) is 14.1. The maximum absolute atomic E-state index is 9.60. The summed E-state index contributed by atoms with van der Waals surface area (Å²) >= 11 is 0. The van der Waals surface area contributed by atoms with Crippen molar-refractivity contribution >= 4 is 10.9 Å². The van der Waals surface area contributed by atoms with Gasteiger partial charge in [-0.2, -0.15) is 0 Å². The molecule has 0 unspecified atom stereocenters. The van der Waals surface area contributed by atoms with Crippen LogP contribution in [0.3, 0.4) is 0 Å². The molecule has 0 amide bonds. The van der Waals surface area contributed by atoms with Crippen LogP contribution in [0.5, 0.6) is 5.75 Å². The number of fused-ring (bicyclic) bond motifs is 1. The summed E-state index contributed by atoms with van der Waals surface area (Å²) in [6, 6.07) is 6.01. The number of nitrogens with one attached hydrogen (secondary N) is 1. The lowest BCUT2D eigenvalue weighted by atomic mass is 10.1. The van der Waals surface area contributed by atoms with Crippen molar-refractivity contribution in [1.29, 1.82) is 0 Å². The Bertz CT molecular complexity index is 514. The first kappa shape index (κ1) is 12.0. The van der Waals surface area contributed by atoms with Crippen molar-refractivity contribution in [2.75, 3.05) is 6.54 Å². The average molecular weight is 232 g/mol. The van der Waals surface area contributed by atoms with Crippen molar-refractivity contribution < 1.29 is 5.11 Å². The summed E-state index contributed by atoms with van der Waals surface area (Å²) in [7, 11) is 0. The Kier molecular flexibility index (Phi) is 3.38. The number of hydrogen-bond donors (Lipinski definition) is 2. The van der Waals surface area contributed by atoms with Crippen molar-refractivity contribution in [2.24, 2.45) is 0 Å². The summed E-state index contributed by atoms with van der Waals surface area (Å²) in [4.78, 5) is 0. The minimum Gasteiger partial charge on any atom is -0.508 e. The standard InChI is InChI=1S/C14H20N2O/c1-4-15-8-11-9-16(10(2)3)14-6-5-12(17)7-13(11)14/h5-7,9-10,15,17H,4,8H2,1-3H3. The number of phenolic OH excluding ortho intramolecular Hbond substituents is 1. The summed E-state index contributed by atoms with van der Waals surface area (Å²) in [6.45, 7) is 8.23. The third-order valence-electron chi connectivity index (χ3n) is 3.02. The van der Waals surface area contributed by atoms with Crippen LogP contribution in [0, 0.1) is 0 Å². The van der Waals surface area contributed by atoms with Gasteiger partial charge in [-0.05, 0) is 44.2 Å². The molecular formula is C14H20N2O. The second-order valence-corrected chi connectivity index (χ2v) is 4.64. The van der Waals surface area contributed by atoms with Gasteiger partial charge in [-0.1, -0.05) is 6.92 Å². The molecule has 1 aromatic heterocycles. The summed E-state index contributed by atoms with van der Waals surface area (Å²) in [5.41, 5.74) is 2.43. The van der Waals surface area contributed by atoms with Crippen molar-refractivity contribution in [2.45, 2.75) is 33.4 Å². The quantitative estimate of drug-likeness (QED) is 0.850. The van der Waals surface area contributed by atoms with Gasteiger partial charge in [0.1, 0.15) is 5.75 Å². The number of aromatic hydroxyl groups is 1. The SMILES string of the molecule is CCNCc1cn(C(C)C)c2ccc(O)cc12. The molecule has 0 bridgehead atoms. The number of phenols is 1. The minimum atomic E-state index is 0.330. The topological polar surface area (TPSA) is 37.2 Å². The highest BCUT2D eigenvalue weighted by molar-refractivity contribution is 5.85. The fraction of sp³-hybridized carbons (Fsp3) is 0.429. The van der Waals surface area contributed by atoms with Crippen LogP contribution in [0.1, 0.15) is 32.4 Å². The van der Waals surface area contributed by atoms with E-state index in [0.717, 1.165) is 18.5 Å². The van der Waals surface area contributed by atoms with Crippen LogP contribution in [-0.4, -0.2) is 16.2 Å². The highest BCUT2D eigenvalue weighted by Gasteiger charge is 2.10. The molecule has 0 aliphatic rings. The zero-order valence-corrected chi connectivity index (χ0v) is 10.7. The van der Waals surface area contributed by atoms with E-state index in [1.54, 1.807) is 6.07 Å². The average Bonchev–Trinajstić information content (AvgIpc) is 2.64. The summed E-state index contributed by atoms with van der Waals surface area (Å²) < 4.78 is 2.25. The monoisotopic (exact) mass is 232 g/mol. The Morgan fingerprint density at radius 2 is 2.12 bits per heavy atom. The molecule has 0 spiro atoms. The van der Waals surface area contributed by atoms with E-state index in [2.05, 4.69) is 36.9 Å². The van der Waals surface area contributed by atoms with Gasteiger partial charge in [0.25, 0.3) is 0 Å². The molecule has 92 valence electrons. The molecule has 1 heterocycles. The lowest BCUT2D eigenvalue weighted by Crippen LogP contribution is -2.11. The van der Waals surface area contributed by atoms with Gasteiger partial charge in [0.2, 0.25) is 0 Å². The molecule has 1 aromatic carbocycles. The lowest BCUT2D eigenvalue weighted by molar-refractivity contribution is 0.476. The van der Waals surface area contributed by atoms with E-state index in [0.29, 0.717) is 11.8 Å². The van der Waals surface area contributed by atoms with Crippen molar-refractivity contribution in [3.8, 4) is 5.75 Å². The van der Waals surface area contributed by atoms with Gasteiger partial charge in [0.15, 0.2) is 0 Å². The fourth-order valence-corrected chi connectivity index (χ4v) is 2.14. The molecule has 2 rings (SSSR count). The molecular weight excluding hydrogens is 212 g/mol. The van der Waals surface area contributed by atoms with Gasteiger partial charge in [-0.15, -0.1) is 0 Å². The molecule has 3 nitrogen and oxygen atoms in total. The van der Waals surface area contributed by atoms with Crippen LogP contribution in [0.2, 0.25) is 0 Å². The summed E-state index contributed by atoms with van der Waals surface area (Å²) in [5.74, 6) is 0.330. The predicted octanol–water partition coefficient (Wildman–Crippen LogP) is 3.04. The molecule has 0 saturated heterocycles. The molecule has 3 heteroatoms. The van der Waals surface area contributed by atoms with Gasteiger partial charge in [0, 0.05) is 29.7 Å². The Hall–Kier alpha value is -1.48. The van der Waals surface area contributed by atoms with Crippen LogP contribution in [0.4, 0.5) is 0 Å². The van der Waals surface area contributed by atoms with E-state index >= 15 is 0 Å². The molecule has 17 heavy (non-hydrogen) atoms. The number of nitrogens with zero attached hydrogens (tertiary/aromatic N) is 1. The Balaban J connectivity index is 2.54. The van der Waals surface area contributed by atoms with Gasteiger partial charge in [-0.25, -0.2) is 0 Å². The number of hydrogen-bond acceptors (Lipinski definition) is 2. The second-order valence-electron chi connectivity index (χ2n) is 4.64. The van der Waals surface area contributed by atoms with Crippen LogP contribution >= 0.6 is 0 Å². The third kappa shape index (κ3) is 2.29. The smallest absolute Gasteiger partial charge is 0.116 e. The number of rotatable bonds is 4. The van der Waals surface area contributed by atoms with Crippen molar-refractivity contribution in [1.82, 2.24) is 9.88 Å². The second kappa shape index (κ2) is 4.80. The number of aromatic nitrogens is 1. The maximum atomic E-state index is 9.60. The Morgan fingerprint density at radius 1 is 1.35 bits per heavy atom. The van der Waals surface area contributed by atoms with Crippen molar-refractivity contribution in [3.05, 3.63) is 30.0 Å². The molecule has 0 aliphatic heterocycles. The molecule has 2 N–H and O–H groups in total. The van der Waals surface area contributed by atoms with Gasteiger partial charge in [-0.3, -0.25) is 0 Å². The van der Waals surface area contributed by atoms with Gasteiger partial charge in [0.05, 0.1) is 0 Å². The van der Waals surface area contributed by atoms with E-state index in [-0.39, 0.29) is 0 Å². The molecule has 0 fully saturated rings. The molecule has 2 aromatic rings. The van der Waals surface area contributed by atoms with E-state index < -0.39 is 0 Å². The first-order valence-corrected chi connectivity index (χ1v) is 6.16. The van der Waals surface area contributed by atoms with E-state index in [1.165, 1.54) is 11.1 Å². The molecule has 0 saturated carbocycles. The minimum absolute atomic E-state index is 0.330. The zero-order chi connectivity index (χ0) is 12.4. The third-order valence-corrected chi connectivity index (χ3v) is 3.02. The Labute approximate surface area is 102 Å². The van der Waals surface area contributed by atoms with E-state index in [4.69, 9.17) is 0 Å². The highest BCUT2D eigenvalue weighted by Crippen LogP contribution is 2.27. The lowest BCUT2D eigenvalue weighted by Gasteiger charge is -2.08. The highest BCUT2D eigenvalue weighted by atomic mass is 16.3. The largest absolute Gasteiger partial charge is 0.508 e. The molecule has 0 radical (unpaired) electrons. The van der Waals surface area contributed by atoms with Crippen LogP contribution in [0.25, 0.3) is 10.9 Å². The first-order valence-electron chi connectivity index (χ1n) is 6.16. The normalized spacial score (nSPS) is 11.5. The molecule has 0 atom stereocenters. The fourth-order valence-electron chi connectivity index (χ4n) is 2.14. The zero-order valence-electron chi connectivity index (χ0n) is 10.7. The summed E-state index contributed by atoms with van der Waals surface area (Å²) in [6.07, 6.45) is 2.18. The van der Waals surface area contributed by atoms with Crippen LogP contribution < -0.4 is 5.32 Å². The van der Waals surface area contributed by atoms with Crippen LogP contribution in [0.15, 0.2) is 24.4 Å². The van der Waals surface area contributed by atoms with Crippen LogP contribution in [-0.2, 0) is 6.54 Å². The molecule has 0 aliphatic carbocycles. The Morgan fingerprint density at radius 3 is 2.76 bits per heavy atom. The van der Waals surface area contributed by atoms with Gasteiger partial charge >= 0.3 is 0 Å². The van der Waals surface area contributed by atoms with E-state index in [9.17, 15) is 5.11 Å². The number of benzene rings is 1. The predicted molar refractivity (Wildman–Crippen MR) is 71.4 cm³/mol.